The largest absolute Gasteiger partial charge is 0.347 e. The minimum atomic E-state index is -3.65. The Kier molecular flexibility index (Phi) is 5.51. The van der Waals surface area contributed by atoms with Gasteiger partial charge in [-0.05, 0) is 42.0 Å². The van der Waals surface area contributed by atoms with E-state index in [0.29, 0.717) is 13.1 Å². The van der Waals surface area contributed by atoms with E-state index in [1.165, 1.54) is 22.5 Å². The summed E-state index contributed by atoms with van der Waals surface area (Å²) in [4.78, 5) is 12.7. The van der Waals surface area contributed by atoms with Crippen LogP contribution in [0.2, 0.25) is 0 Å². The van der Waals surface area contributed by atoms with Crippen LogP contribution in [0, 0.1) is 5.82 Å². The summed E-state index contributed by atoms with van der Waals surface area (Å²) in [7, 11) is -3.65. The van der Waals surface area contributed by atoms with E-state index in [-0.39, 0.29) is 22.1 Å². The molecular formula is C17H19FN2O3S2. The number of carbonyl (C=O) groups is 1. The lowest BCUT2D eigenvalue weighted by molar-refractivity contribution is 0.0952. The number of nitrogens with one attached hydrogen (secondary N) is 1. The van der Waals surface area contributed by atoms with Crippen molar-refractivity contribution in [3.05, 3.63) is 52.0 Å². The van der Waals surface area contributed by atoms with Gasteiger partial charge in [0.2, 0.25) is 10.0 Å². The van der Waals surface area contributed by atoms with E-state index in [4.69, 9.17) is 0 Å². The zero-order valence-electron chi connectivity index (χ0n) is 13.6. The number of hydrogen-bond donors (Lipinski definition) is 1. The highest BCUT2D eigenvalue weighted by Gasteiger charge is 2.30. The van der Waals surface area contributed by atoms with Gasteiger partial charge in [0.25, 0.3) is 5.91 Å². The lowest BCUT2D eigenvalue weighted by atomic mass is 10.2. The summed E-state index contributed by atoms with van der Waals surface area (Å²) in [5.74, 6) is -0.779. The number of thiophene rings is 1. The third kappa shape index (κ3) is 4.08. The minimum absolute atomic E-state index is 0.0657. The Morgan fingerprint density at radius 3 is 2.48 bits per heavy atom. The fraction of sp³-hybridized carbons (Fsp3) is 0.353. The first-order valence-electron chi connectivity index (χ1n) is 8.09. The molecule has 0 spiro atoms. The van der Waals surface area contributed by atoms with Crippen LogP contribution in [0.15, 0.2) is 40.6 Å². The van der Waals surface area contributed by atoms with Gasteiger partial charge in [-0.2, -0.15) is 4.31 Å². The van der Waals surface area contributed by atoms with Gasteiger partial charge >= 0.3 is 0 Å². The number of piperidine rings is 1. The van der Waals surface area contributed by atoms with Crippen LogP contribution >= 0.6 is 11.3 Å². The molecule has 3 rings (SSSR count). The molecule has 5 nitrogen and oxygen atoms in total. The lowest BCUT2D eigenvalue weighted by Gasteiger charge is -2.25. The predicted molar refractivity (Wildman–Crippen MR) is 94.5 cm³/mol. The summed E-state index contributed by atoms with van der Waals surface area (Å²) in [6.07, 6.45) is 2.71. The first kappa shape index (κ1) is 18.0. The number of rotatable bonds is 5. The lowest BCUT2D eigenvalue weighted by Crippen LogP contribution is -2.36. The monoisotopic (exact) mass is 382 g/mol. The van der Waals surface area contributed by atoms with Gasteiger partial charge in [-0.1, -0.05) is 18.6 Å². The third-order valence-corrected chi connectivity index (χ3v) is 7.12. The average molecular weight is 382 g/mol. The molecule has 0 bridgehead atoms. The van der Waals surface area contributed by atoms with Gasteiger partial charge < -0.3 is 5.32 Å². The summed E-state index contributed by atoms with van der Waals surface area (Å²) in [5.41, 5.74) is 0.742. The first-order valence-corrected chi connectivity index (χ1v) is 10.4. The van der Waals surface area contributed by atoms with Crippen LogP contribution in [0.4, 0.5) is 4.39 Å². The Morgan fingerprint density at radius 1 is 1.12 bits per heavy atom. The third-order valence-electron chi connectivity index (χ3n) is 4.13. The molecule has 2 aromatic rings. The summed E-state index contributed by atoms with van der Waals surface area (Å²) < 4.78 is 40.0. The number of halogens is 1. The maximum absolute atomic E-state index is 12.9. The Bertz CT molecular complexity index is 841. The second-order valence-corrected chi connectivity index (χ2v) is 8.71. The second kappa shape index (κ2) is 7.63. The van der Waals surface area contributed by atoms with Crippen molar-refractivity contribution in [1.82, 2.24) is 9.62 Å². The van der Waals surface area contributed by atoms with Gasteiger partial charge in [0, 0.05) is 19.6 Å². The maximum Gasteiger partial charge on any atom is 0.263 e. The van der Waals surface area contributed by atoms with Crippen LogP contribution < -0.4 is 5.32 Å². The Morgan fingerprint density at radius 2 is 1.80 bits per heavy atom. The van der Waals surface area contributed by atoms with Crippen molar-refractivity contribution >= 4 is 27.3 Å². The van der Waals surface area contributed by atoms with Gasteiger partial charge in [-0.25, -0.2) is 12.8 Å². The summed E-state index contributed by atoms with van der Waals surface area (Å²) >= 11 is 1.11. The molecular weight excluding hydrogens is 363 g/mol. The molecule has 2 heterocycles. The van der Waals surface area contributed by atoms with E-state index in [2.05, 4.69) is 5.32 Å². The van der Waals surface area contributed by atoms with Crippen LogP contribution in [0.3, 0.4) is 0 Å². The van der Waals surface area contributed by atoms with Crippen LogP contribution in [-0.2, 0) is 16.6 Å². The van der Waals surface area contributed by atoms with Gasteiger partial charge in [0.15, 0.2) is 0 Å². The topological polar surface area (TPSA) is 66.5 Å². The molecule has 134 valence electrons. The van der Waals surface area contributed by atoms with E-state index in [9.17, 15) is 17.6 Å². The van der Waals surface area contributed by atoms with Crippen molar-refractivity contribution in [2.24, 2.45) is 0 Å². The molecule has 0 saturated carbocycles. The molecule has 25 heavy (non-hydrogen) atoms. The van der Waals surface area contributed by atoms with E-state index in [1.807, 2.05) is 0 Å². The summed E-state index contributed by atoms with van der Waals surface area (Å²) in [6, 6.07) is 7.28. The van der Waals surface area contributed by atoms with Crippen molar-refractivity contribution in [2.75, 3.05) is 13.1 Å². The zero-order valence-corrected chi connectivity index (χ0v) is 15.2. The SMILES string of the molecule is O=C(NCc1ccc(F)cc1)c1sccc1S(=O)(=O)N1CCCCC1. The molecule has 0 unspecified atom stereocenters. The highest BCUT2D eigenvalue weighted by molar-refractivity contribution is 7.89. The molecule has 1 saturated heterocycles. The molecule has 1 aliphatic heterocycles. The molecule has 1 amide bonds. The van der Waals surface area contributed by atoms with E-state index in [1.54, 1.807) is 17.5 Å². The first-order chi connectivity index (χ1) is 12.0. The number of amides is 1. The average Bonchev–Trinajstić information content (AvgIpc) is 3.12. The van der Waals surface area contributed by atoms with Crippen LogP contribution in [0.5, 0.6) is 0 Å². The molecule has 8 heteroatoms. The maximum atomic E-state index is 12.9. The molecule has 1 aliphatic rings. The predicted octanol–water partition coefficient (Wildman–Crippen LogP) is 2.99. The van der Waals surface area contributed by atoms with Crippen molar-refractivity contribution in [1.29, 1.82) is 0 Å². The van der Waals surface area contributed by atoms with Crippen LogP contribution in [0.25, 0.3) is 0 Å². The standard InChI is InChI=1S/C17H19FN2O3S2/c18-14-6-4-13(5-7-14)12-19-17(21)16-15(8-11-24-16)25(22,23)20-9-2-1-3-10-20/h4-8,11H,1-3,9-10,12H2,(H,19,21). The molecule has 0 radical (unpaired) electrons. The van der Waals surface area contributed by atoms with E-state index < -0.39 is 15.9 Å². The van der Waals surface area contributed by atoms with Crippen LogP contribution in [0.1, 0.15) is 34.5 Å². The molecule has 1 N–H and O–H groups in total. The number of nitrogens with zero attached hydrogens (tertiary/aromatic N) is 1. The molecule has 1 aromatic carbocycles. The van der Waals surface area contributed by atoms with Gasteiger partial charge in [-0.3, -0.25) is 4.79 Å². The highest BCUT2D eigenvalue weighted by Crippen LogP contribution is 2.27. The van der Waals surface area contributed by atoms with Crippen molar-refractivity contribution < 1.29 is 17.6 Å². The number of benzene rings is 1. The van der Waals surface area contributed by atoms with Crippen LogP contribution in [-0.4, -0.2) is 31.7 Å². The fourth-order valence-corrected chi connectivity index (χ4v) is 5.61. The summed E-state index contributed by atoms with van der Waals surface area (Å²) in [6.45, 7) is 1.20. The zero-order chi connectivity index (χ0) is 17.9. The van der Waals surface area contributed by atoms with Gasteiger partial charge in [0.05, 0.1) is 0 Å². The molecule has 0 aliphatic carbocycles. The van der Waals surface area contributed by atoms with Gasteiger partial charge in [0.1, 0.15) is 15.6 Å². The highest BCUT2D eigenvalue weighted by atomic mass is 32.2. The Labute approximate surface area is 150 Å². The Hall–Kier alpha value is -1.77. The Balaban J connectivity index is 1.74. The minimum Gasteiger partial charge on any atom is -0.347 e. The normalized spacial score (nSPS) is 15.9. The molecule has 0 atom stereocenters. The number of sulfonamides is 1. The van der Waals surface area contributed by atoms with Crippen molar-refractivity contribution in [2.45, 2.75) is 30.7 Å². The fourth-order valence-electron chi connectivity index (χ4n) is 2.78. The smallest absolute Gasteiger partial charge is 0.263 e. The second-order valence-electron chi connectivity index (χ2n) is 5.89. The summed E-state index contributed by atoms with van der Waals surface area (Å²) in [5, 5.41) is 4.32. The quantitative estimate of drug-likeness (QED) is 0.864. The van der Waals surface area contributed by atoms with Crippen molar-refractivity contribution in [3.8, 4) is 0 Å². The number of carbonyl (C=O) groups excluding carboxylic acids is 1. The van der Waals surface area contributed by atoms with Crippen molar-refractivity contribution in [3.63, 3.8) is 0 Å². The van der Waals surface area contributed by atoms with Gasteiger partial charge in [-0.15, -0.1) is 11.3 Å². The molecule has 1 fully saturated rings. The number of hydrogen-bond acceptors (Lipinski definition) is 4. The molecule has 1 aromatic heterocycles. The van der Waals surface area contributed by atoms with E-state index in [0.717, 1.165) is 36.2 Å². The van der Waals surface area contributed by atoms with E-state index >= 15 is 0 Å².